The molecule has 0 saturated carbocycles. The lowest BCUT2D eigenvalue weighted by molar-refractivity contribution is -0.384. The fourth-order valence-corrected chi connectivity index (χ4v) is 3.39. The van der Waals surface area contributed by atoms with Crippen molar-refractivity contribution in [3.8, 4) is 0 Å². The smallest absolute Gasteiger partial charge is 0.298 e. The minimum absolute atomic E-state index is 0.0237. The van der Waals surface area contributed by atoms with Crippen LogP contribution < -0.4 is 16.7 Å². The highest BCUT2D eigenvalue weighted by Gasteiger charge is 2.18. The molecular formula is C21H18ClN7O4. The molecule has 0 bridgehead atoms. The van der Waals surface area contributed by atoms with E-state index in [4.69, 9.17) is 11.6 Å². The van der Waals surface area contributed by atoms with Gasteiger partial charge >= 0.3 is 5.69 Å². The molecule has 0 radical (unpaired) electrons. The Labute approximate surface area is 191 Å². The van der Waals surface area contributed by atoms with E-state index in [-0.39, 0.29) is 29.3 Å². The maximum Gasteiger partial charge on any atom is 0.329 e. The average Bonchev–Trinajstić information content (AvgIpc) is 3.16. The third kappa shape index (κ3) is 4.39. The van der Waals surface area contributed by atoms with Crippen molar-refractivity contribution < 1.29 is 4.92 Å². The minimum atomic E-state index is -0.583. The number of anilines is 1. The first-order valence-corrected chi connectivity index (χ1v) is 10.1. The van der Waals surface area contributed by atoms with Gasteiger partial charge in [0.05, 0.1) is 17.2 Å². The summed E-state index contributed by atoms with van der Waals surface area (Å²) < 4.78 is 2.86. The normalized spacial score (nSPS) is 11.7. The van der Waals surface area contributed by atoms with Crippen LogP contribution in [0.25, 0.3) is 11.2 Å². The van der Waals surface area contributed by atoms with E-state index in [0.717, 1.165) is 5.56 Å². The summed E-state index contributed by atoms with van der Waals surface area (Å²) in [5, 5.41) is 15.8. The number of hydrogen-bond acceptors (Lipinski definition) is 7. The van der Waals surface area contributed by atoms with Gasteiger partial charge in [0.25, 0.3) is 11.2 Å². The van der Waals surface area contributed by atoms with Crippen LogP contribution >= 0.6 is 11.6 Å². The predicted octanol–water partition coefficient (Wildman–Crippen LogP) is 2.87. The van der Waals surface area contributed by atoms with Gasteiger partial charge in [0, 0.05) is 24.2 Å². The highest BCUT2D eigenvalue weighted by Crippen LogP contribution is 2.19. The van der Waals surface area contributed by atoms with Crippen LogP contribution in [0, 0.1) is 10.1 Å². The number of hydrazone groups is 1. The van der Waals surface area contributed by atoms with E-state index < -0.39 is 16.2 Å². The molecule has 11 nitrogen and oxygen atoms in total. The molecule has 33 heavy (non-hydrogen) atoms. The molecule has 4 aromatic rings. The van der Waals surface area contributed by atoms with Crippen LogP contribution in [-0.4, -0.2) is 29.7 Å². The van der Waals surface area contributed by atoms with Gasteiger partial charge in [0.2, 0.25) is 5.95 Å². The number of aromatic nitrogens is 4. The topological polar surface area (TPSA) is 140 Å². The van der Waals surface area contributed by atoms with E-state index in [1.54, 1.807) is 35.8 Å². The van der Waals surface area contributed by atoms with E-state index in [1.807, 2.05) is 12.1 Å². The molecule has 12 heteroatoms. The number of non-ortho nitro benzene ring substituents is 1. The molecule has 0 amide bonds. The number of nitro benzene ring substituents is 1. The van der Waals surface area contributed by atoms with Crippen LogP contribution in [0.5, 0.6) is 0 Å². The van der Waals surface area contributed by atoms with Crippen LogP contribution in [-0.2, 0) is 13.6 Å². The van der Waals surface area contributed by atoms with Crippen molar-refractivity contribution in [3.05, 3.63) is 95.6 Å². The number of aryl methyl sites for hydroxylation is 1. The fraction of sp³-hybridized carbons (Fsp3) is 0.143. The molecule has 0 aliphatic heterocycles. The first kappa shape index (κ1) is 22.0. The average molecular weight is 468 g/mol. The van der Waals surface area contributed by atoms with Crippen LogP contribution in [0.3, 0.4) is 0 Å². The summed E-state index contributed by atoms with van der Waals surface area (Å²) in [5.41, 5.74) is 4.14. The first-order chi connectivity index (χ1) is 15.7. The van der Waals surface area contributed by atoms with Gasteiger partial charge in [-0.1, -0.05) is 23.7 Å². The lowest BCUT2D eigenvalue weighted by atomic mass is 10.1. The van der Waals surface area contributed by atoms with Crippen LogP contribution in [0.2, 0.25) is 5.02 Å². The molecule has 168 valence electrons. The number of benzene rings is 2. The number of imidazole rings is 1. The lowest BCUT2D eigenvalue weighted by Crippen LogP contribution is -2.29. The molecule has 2 heterocycles. The summed E-state index contributed by atoms with van der Waals surface area (Å²) in [6, 6.07) is 13.1. The molecule has 2 aromatic carbocycles. The second-order valence-corrected chi connectivity index (χ2v) is 7.69. The van der Waals surface area contributed by atoms with E-state index in [2.05, 4.69) is 20.5 Å². The maximum atomic E-state index is 12.6. The third-order valence-corrected chi connectivity index (χ3v) is 5.33. The summed E-state index contributed by atoms with van der Waals surface area (Å²) >= 11 is 5.97. The largest absolute Gasteiger partial charge is 0.329 e. The Morgan fingerprint density at radius 1 is 1.18 bits per heavy atom. The summed E-state index contributed by atoms with van der Waals surface area (Å²) in [7, 11) is 1.51. The zero-order valence-electron chi connectivity index (χ0n) is 17.6. The van der Waals surface area contributed by atoms with Crippen molar-refractivity contribution in [2.75, 3.05) is 5.43 Å². The molecule has 4 rings (SSSR count). The minimum Gasteiger partial charge on any atom is -0.298 e. The molecule has 0 spiro atoms. The van der Waals surface area contributed by atoms with E-state index in [1.165, 1.54) is 23.7 Å². The Hall–Kier alpha value is -4.25. The van der Waals surface area contributed by atoms with E-state index in [9.17, 15) is 19.7 Å². The van der Waals surface area contributed by atoms with Gasteiger partial charge in [-0.05, 0) is 42.3 Å². The quantitative estimate of drug-likeness (QED) is 0.254. The molecule has 0 unspecified atom stereocenters. The van der Waals surface area contributed by atoms with Gasteiger partial charge in [0.15, 0.2) is 11.2 Å². The number of nitro groups is 1. The number of nitrogens with one attached hydrogen (secondary N) is 2. The second-order valence-electron chi connectivity index (χ2n) is 7.25. The Bertz CT molecular complexity index is 1500. The van der Waals surface area contributed by atoms with Crippen molar-refractivity contribution in [1.82, 2.24) is 19.1 Å². The third-order valence-electron chi connectivity index (χ3n) is 5.08. The zero-order valence-corrected chi connectivity index (χ0v) is 18.3. The van der Waals surface area contributed by atoms with E-state index >= 15 is 0 Å². The van der Waals surface area contributed by atoms with Crippen LogP contribution in [0.15, 0.2) is 63.2 Å². The van der Waals surface area contributed by atoms with Gasteiger partial charge < -0.3 is 0 Å². The number of hydrogen-bond donors (Lipinski definition) is 2. The van der Waals surface area contributed by atoms with Crippen molar-refractivity contribution in [2.24, 2.45) is 12.1 Å². The van der Waals surface area contributed by atoms with Gasteiger partial charge in [-0.25, -0.2) is 10.2 Å². The van der Waals surface area contributed by atoms with Gasteiger partial charge in [-0.2, -0.15) is 10.1 Å². The number of nitrogens with zero attached hydrogens (tertiary/aromatic N) is 5. The second kappa shape index (κ2) is 8.71. The Morgan fingerprint density at radius 2 is 1.85 bits per heavy atom. The number of rotatable bonds is 6. The number of fused-ring (bicyclic) bond motifs is 1. The van der Waals surface area contributed by atoms with Gasteiger partial charge in [-0.3, -0.25) is 29.0 Å². The van der Waals surface area contributed by atoms with Gasteiger partial charge in [0.1, 0.15) is 0 Å². The zero-order chi connectivity index (χ0) is 23.7. The molecule has 0 aliphatic carbocycles. The Morgan fingerprint density at radius 3 is 2.48 bits per heavy atom. The molecule has 0 fully saturated rings. The van der Waals surface area contributed by atoms with Crippen molar-refractivity contribution in [2.45, 2.75) is 13.5 Å². The van der Waals surface area contributed by atoms with Crippen molar-refractivity contribution >= 4 is 40.1 Å². The molecular weight excluding hydrogens is 450 g/mol. The van der Waals surface area contributed by atoms with Crippen molar-refractivity contribution in [1.29, 1.82) is 0 Å². The molecule has 2 aromatic heterocycles. The highest BCUT2D eigenvalue weighted by molar-refractivity contribution is 6.30. The molecule has 0 aliphatic rings. The van der Waals surface area contributed by atoms with Gasteiger partial charge in [-0.15, -0.1) is 0 Å². The highest BCUT2D eigenvalue weighted by atomic mass is 35.5. The first-order valence-electron chi connectivity index (χ1n) is 9.73. The lowest BCUT2D eigenvalue weighted by Gasteiger charge is -2.09. The molecule has 0 atom stereocenters. The SMILES string of the molecule is C/C(=N\Nc1nc2c(c(=O)[nH]c(=O)n2C)n1Cc1ccc(Cl)cc1)c1ccc([N+](=O)[O-])cc1. The van der Waals surface area contributed by atoms with Crippen molar-refractivity contribution in [3.63, 3.8) is 0 Å². The number of aromatic amines is 1. The Balaban J connectivity index is 1.76. The standard InChI is InChI=1S/C21H18ClN7O4/c1-12(14-5-9-16(10-6-14)29(32)33)25-26-20-23-18-17(19(30)24-21(31)27(18)2)28(20)11-13-3-7-15(22)8-4-13/h3-10H,11H2,1-2H3,(H,23,26)(H,24,30,31)/b25-12+. The molecule has 0 saturated heterocycles. The summed E-state index contributed by atoms with van der Waals surface area (Å²) in [4.78, 5) is 41.7. The predicted molar refractivity (Wildman–Crippen MR) is 125 cm³/mol. The molecule has 2 N–H and O–H groups in total. The maximum absolute atomic E-state index is 12.6. The fourth-order valence-electron chi connectivity index (χ4n) is 3.27. The Kier molecular flexibility index (Phi) is 5.80. The summed E-state index contributed by atoms with van der Waals surface area (Å²) in [6.07, 6.45) is 0. The summed E-state index contributed by atoms with van der Waals surface area (Å²) in [6.45, 7) is 1.99. The number of halogens is 1. The monoisotopic (exact) mass is 467 g/mol. The summed E-state index contributed by atoms with van der Waals surface area (Å²) in [5.74, 6) is 0.243. The van der Waals surface area contributed by atoms with Crippen LogP contribution in [0.4, 0.5) is 11.6 Å². The number of H-pyrrole nitrogens is 1. The van der Waals surface area contributed by atoms with E-state index in [0.29, 0.717) is 16.3 Å². The van der Waals surface area contributed by atoms with Crippen LogP contribution in [0.1, 0.15) is 18.1 Å².